The Hall–Kier alpha value is -2.43. The maximum atomic E-state index is 4.37. The second-order valence-corrected chi connectivity index (χ2v) is 3.60. The minimum Gasteiger partial charge on any atom is -0.257 e. The monoisotopic (exact) mass is 225 g/mol. The quantitative estimate of drug-likeness (QED) is 0.679. The highest BCUT2D eigenvalue weighted by atomic mass is 15.4. The van der Waals surface area contributed by atoms with E-state index >= 15 is 0 Å². The largest absolute Gasteiger partial charge is 0.257 e. The maximum absolute atomic E-state index is 4.37. The van der Waals surface area contributed by atoms with Crippen LogP contribution < -0.4 is 0 Å². The Kier molecular flexibility index (Phi) is 2.42. The predicted octanol–water partition coefficient (Wildman–Crippen LogP) is 1.57. The Bertz CT molecular complexity index is 522. The molecule has 3 aromatic rings. The van der Waals surface area contributed by atoms with Crippen LogP contribution >= 0.6 is 0 Å². The van der Waals surface area contributed by atoms with E-state index in [2.05, 4.69) is 15.2 Å². The van der Waals surface area contributed by atoms with Gasteiger partial charge in [0.2, 0.25) is 0 Å². The summed E-state index contributed by atoms with van der Waals surface area (Å²) in [5.41, 5.74) is 0.903. The topological polar surface area (TPSA) is 48.5 Å². The Morgan fingerprint density at radius 2 is 1.53 bits per heavy atom. The molecule has 0 N–H and O–H groups in total. The second kappa shape index (κ2) is 4.21. The number of aromatic nitrogens is 5. The van der Waals surface area contributed by atoms with E-state index in [-0.39, 0.29) is 6.17 Å². The van der Waals surface area contributed by atoms with Crippen LogP contribution in [0.5, 0.6) is 0 Å². The third-order valence-corrected chi connectivity index (χ3v) is 2.50. The van der Waals surface area contributed by atoms with Crippen molar-refractivity contribution in [1.82, 2.24) is 24.5 Å². The fourth-order valence-corrected chi connectivity index (χ4v) is 1.77. The zero-order chi connectivity index (χ0) is 11.5. The molecule has 17 heavy (non-hydrogen) atoms. The Balaban J connectivity index is 2.10. The third-order valence-electron chi connectivity index (χ3n) is 2.50. The predicted molar refractivity (Wildman–Crippen MR) is 62.2 cm³/mol. The van der Waals surface area contributed by atoms with E-state index in [1.165, 1.54) is 0 Å². The van der Waals surface area contributed by atoms with Gasteiger partial charge in [0.05, 0.1) is 5.69 Å². The SMILES string of the molecule is c1ccc(C(n2cccn2)n2cccn2)nc1. The fraction of sp³-hybridized carbons (Fsp3) is 0.0833. The molecule has 0 atom stereocenters. The van der Waals surface area contributed by atoms with Gasteiger partial charge in [-0.1, -0.05) is 6.07 Å². The molecule has 0 saturated carbocycles. The Labute approximate surface area is 98.3 Å². The van der Waals surface area contributed by atoms with Gasteiger partial charge in [-0.25, -0.2) is 9.36 Å². The summed E-state index contributed by atoms with van der Waals surface area (Å²) in [6.45, 7) is 0. The lowest BCUT2D eigenvalue weighted by Crippen LogP contribution is -2.21. The first kappa shape index (κ1) is 9.77. The normalized spacial score (nSPS) is 10.9. The minimum absolute atomic E-state index is 0.138. The van der Waals surface area contributed by atoms with Crippen LogP contribution in [0.25, 0.3) is 0 Å². The number of hydrogen-bond donors (Lipinski definition) is 0. The number of nitrogens with zero attached hydrogens (tertiary/aromatic N) is 5. The third kappa shape index (κ3) is 1.82. The summed E-state index contributed by atoms with van der Waals surface area (Å²) in [6.07, 6.45) is 8.94. The molecule has 3 rings (SSSR count). The Morgan fingerprint density at radius 1 is 0.824 bits per heavy atom. The van der Waals surface area contributed by atoms with Gasteiger partial charge in [0.1, 0.15) is 0 Å². The van der Waals surface area contributed by atoms with Gasteiger partial charge < -0.3 is 0 Å². The van der Waals surface area contributed by atoms with Crippen molar-refractivity contribution in [1.29, 1.82) is 0 Å². The fourth-order valence-electron chi connectivity index (χ4n) is 1.77. The summed E-state index contributed by atoms with van der Waals surface area (Å²) >= 11 is 0. The smallest absolute Gasteiger partial charge is 0.185 e. The molecule has 0 aliphatic heterocycles. The van der Waals surface area contributed by atoms with Crippen molar-refractivity contribution in [2.24, 2.45) is 0 Å². The van der Waals surface area contributed by atoms with Gasteiger partial charge in [0.25, 0.3) is 0 Å². The van der Waals surface area contributed by atoms with Gasteiger partial charge in [-0.3, -0.25) is 4.98 Å². The van der Waals surface area contributed by atoms with Gasteiger partial charge in [0.15, 0.2) is 6.17 Å². The maximum Gasteiger partial charge on any atom is 0.185 e. The van der Waals surface area contributed by atoms with E-state index in [0.717, 1.165) is 5.69 Å². The standard InChI is InChI=1S/C12H11N5/c1-2-6-13-11(5-1)12(16-9-3-7-14-16)17-10-4-8-15-17/h1-10,12H. The van der Waals surface area contributed by atoms with E-state index in [0.29, 0.717) is 0 Å². The van der Waals surface area contributed by atoms with Crippen molar-refractivity contribution < 1.29 is 0 Å². The van der Waals surface area contributed by atoms with Crippen LogP contribution in [-0.2, 0) is 0 Å². The van der Waals surface area contributed by atoms with Crippen molar-refractivity contribution in [3.63, 3.8) is 0 Å². The van der Waals surface area contributed by atoms with E-state index < -0.39 is 0 Å². The molecular weight excluding hydrogens is 214 g/mol. The first-order valence-corrected chi connectivity index (χ1v) is 5.34. The Morgan fingerprint density at radius 3 is 2.00 bits per heavy atom. The summed E-state index contributed by atoms with van der Waals surface area (Å²) in [4.78, 5) is 4.37. The summed E-state index contributed by atoms with van der Waals surface area (Å²) in [5.74, 6) is 0. The summed E-state index contributed by atoms with van der Waals surface area (Å²) in [6, 6.07) is 9.60. The van der Waals surface area contributed by atoms with Crippen molar-refractivity contribution in [3.05, 3.63) is 67.0 Å². The average molecular weight is 225 g/mol. The van der Waals surface area contributed by atoms with Crippen molar-refractivity contribution in [2.75, 3.05) is 0 Å². The molecule has 0 unspecified atom stereocenters. The van der Waals surface area contributed by atoms with E-state index in [9.17, 15) is 0 Å². The van der Waals surface area contributed by atoms with Gasteiger partial charge in [0, 0.05) is 31.0 Å². The van der Waals surface area contributed by atoms with Gasteiger partial charge in [-0.05, 0) is 24.3 Å². The molecule has 0 saturated heterocycles. The number of hydrogen-bond acceptors (Lipinski definition) is 3. The van der Waals surface area contributed by atoms with Crippen LogP contribution in [0, 0.1) is 0 Å². The highest BCUT2D eigenvalue weighted by Gasteiger charge is 2.16. The van der Waals surface area contributed by atoms with Crippen LogP contribution in [0.2, 0.25) is 0 Å². The van der Waals surface area contributed by atoms with Crippen LogP contribution in [0.3, 0.4) is 0 Å². The van der Waals surface area contributed by atoms with Crippen LogP contribution in [0.1, 0.15) is 11.9 Å². The summed E-state index contributed by atoms with van der Waals surface area (Å²) in [7, 11) is 0. The molecule has 3 heterocycles. The average Bonchev–Trinajstić information content (AvgIpc) is 3.04. The zero-order valence-corrected chi connectivity index (χ0v) is 9.09. The molecule has 0 bridgehead atoms. The second-order valence-electron chi connectivity index (χ2n) is 3.60. The molecule has 0 amide bonds. The first-order valence-electron chi connectivity index (χ1n) is 5.34. The molecule has 5 heteroatoms. The van der Waals surface area contributed by atoms with Gasteiger partial charge in [-0.15, -0.1) is 0 Å². The van der Waals surface area contributed by atoms with E-state index in [4.69, 9.17) is 0 Å². The van der Waals surface area contributed by atoms with Crippen molar-refractivity contribution in [2.45, 2.75) is 6.17 Å². The van der Waals surface area contributed by atoms with Gasteiger partial charge in [-0.2, -0.15) is 10.2 Å². The van der Waals surface area contributed by atoms with Crippen LogP contribution in [0.15, 0.2) is 61.3 Å². The van der Waals surface area contributed by atoms with Crippen LogP contribution in [-0.4, -0.2) is 24.5 Å². The molecule has 0 aromatic carbocycles. The molecule has 0 spiro atoms. The highest BCUT2D eigenvalue weighted by molar-refractivity contribution is 5.10. The summed E-state index contributed by atoms with van der Waals surface area (Å²) in [5, 5.41) is 8.53. The molecule has 84 valence electrons. The van der Waals surface area contributed by atoms with E-state index in [1.807, 2.05) is 52.1 Å². The molecule has 0 aliphatic rings. The lowest BCUT2D eigenvalue weighted by atomic mass is 10.3. The molecule has 3 aromatic heterocycles. The minimum atomic E-state index is -0.138. The molecule has 0 fully saturated rings. The number of pyridine rings is 1. The molecule has 5 nitrogen and oxygen atoms in total. The first-order chi connectivity index (χ1) is 8.45. The van der Waals surface area contributed by atoms with Crippen LogP contribution in [0.4, 0.5) is 0 Å². The lowest BCUT2D eigenvalue weighted by Gasteiger charge is -2.17. The van der Waals surface area contributed by atoms with E-state index in [1.54, 1.807) is 18.6 Å². The van der Waals surface area contributed by atoms with Gasteiger partial charge >= 0.3 is 0 Å². The summed E-state index contributed by atoms with van der Waals surface area (Å²) < 4.78 is 3.66. The highest BCUT2D eigenvalue weighted by Crippen LogP contribution is 2.16. The molecule has 0 aliphatic carbocycles. The lowest BCUT2D eigenvalue weighted by molar-refractivity contribution is 0.410. The van der Waals surface area contributed by atoms with Crippen molar-refractivity contribution >= 4 is 0 Å². The van der Waals surface area contributed by atoms with Crippen molar-refractivity contribution in [3.8, 4) is 0 Å². The molecular formula is C12H11N5. The number of rotatable bonds is 3. The zero-order valence-electron chi connectivity index (χ0n) is 9.09. The molecule has 0 radical (unpaired) electrons.